The van der Waals surface area contributed by atoms with Crippen LogP contribution < -0.4 is 9.46 Å². The summed E-state index contributed by atoms with van der Waals surface area (Å²) in [5.41, 5.74) is 9.31. The van der Waals surface area contributed by atoms with E-state index in [0.29, 0.717) is 37.1 Å². The molecule has 1 saturated heterocycles. The van der Waals surface area contributed by atoms with Crippen molar-refractivity contribution >= 4 is 10.0 Å². The molecule has 25 heavy (non-hydrogen) atoms. The number of nitrogens with one attached hydrogen (secondary N) is 1. The molecule has 1 fully saturated rings. The Labute approximate surface area is 147 Å². The molecule has 2 heterocycles. The van der Waals surface area contributed by atoms with Crippen LogP contribution in [0.2, 0.25) is 0 Å². The average molecular weight is 365 g/mol. The van der Waals surface area contributed by atoms with E-state index >= 15 is 0 Å². The van der Waals surface area contributed by atoms with Gasteiger partial charge in [-0.2, -0.15) is 0 Å². The Kier molecular flexibility index (Phi) is 5.80. The second kappa shape index (κ2) is 8.05. The number of likely N-dealkylation sites (tertiary alicyclic amines) is 1. The monoisotopic (exact) mass is 365 g/mol. The molecule has 0 atom stereocenters. The molecule has 9 heteroatoms. The lowest BCUT2D eigenvalue weighted by Gasteiger charge is -2.31. The topological polar surface area (TPSA) is 107 Å². The standard InChI is InChI=1S/C16H23N5O3S/c17-20-18-12-13-3-7-21(8-4-13)9-6-19-25(22,23)15-1-2-16-14(11-15)5-10-24-16/h1-2,11,13,19H,3-10,12H2. The van der Waals surface area contributed by atoms with Gasteiger partial charge in [-0.3, -0.25) is 0 Å². The summed E-state index contributed by atoms with van der Waals surface area (Å²) < 4.78 is 32.9. The molecular formula is C16H23N5O3S. The maximum absolute atomic E-state index is 12.4. The van der Waals surface area contributed by atoms with Gasteiger partial charge >= 0.3 is 0 Å². The number of hydrogen-bond acceptors (Lipinski definition) is 5. The van der Waals surface area contributed by atoms with Crippen molar-refractivity contribution in [3.8, 4) is 5.75 Å². The fraction of sp³-hybridized carbons (Fsp3) is 0.625. The van der Waals surface area contributed by atoms with E-state index in [1.54, 1.807) is 18.2 Å². The highest BCUT2D eigenvalue weighted by atomic mass is 32.2. The number of sulfonamides is 1. The van der Waals surface area contributed by atoms with Crippen molar-refractivity contribution in [1.82, 2.24) is 9.62 Å². The van der Waals surface area contributed by atoms with Crippen LogP contribution in [0.25, 0.3) is 10.4 Å². The van der Waals surface area contributed by atoms with Crippen LogP contribution >= 0.6 is 0 Å². The van der Waals surface area contributed by atoms with Crippen LogP contribution in [0.5, 0.6) is 5.75 Å². The molecule has 0 spiro atoms. The Morgan fingerprint density at radius 3 is 2.92 bits per heavy atom. The van der Waals surface area contributed by atoms with Gasteiger partial charge in [0.2, 0.25) is 10.0 Å². The van der Waals surface area contributed by atoms with Gasteiger partial charge in [-0.1, -0.05) is 5.11 Å². The first-order chi connectivity index (χ1) is 12.1. The quantitative estimate of drug-likeness (QED) is 0.452. The van der Waals surface area contributed by atoms with Crippen LogP contribution in [0, 0.1) is 5.92 Å². The summed E-state index contributed by atoms with van der Waals surface area (Å²) in [6, 6.07) is 5.02. The van der Waals surface area contributed by atoms with Gasteiger partial charge in [0.25, 0.3) is 0 Å². The van der Waals surface area contributed by atoms with Crippen LogP contribution in [0.4, 0.5) is 0 Å². The molecule has 8 nitrogen and oxygen atoms in total. The molecule has 2 aliphatic rings. The normalized spacial score (nSPS) is 18.4. The second-order valence-corrected chi connectivity index (χ2v) is 8.23. The minimum Gasteiger partial charge on any atom is -0.493 e. The van der Waals surface area contributed by atoms with E-state index in [2.05, 4.69) is 19.6 Å². The van der Waals surface area contributed by atoms with Crippen molar-refractivity contribution in [2.75, 3.05) is 39.3 Å². The fourth-order valence-corrected chi connectivity index (χ4v) is 4.37. The predicted octanol–water partition coefficient (Wildman–Crippen LogP) is 1.92. The molecule has 0 radical (unpaired) electrons. The second-order valence-electron chi connectivity index (χ2n) is 6.46. The van der Waals surface area contributed by atoms with Crippen LogP contribution in [0.15, 0.2) is 28.2 Å². The van der Waals surface area contributed by atoms with Gasteiger partial charge in [0, 0.05) is 31.0 Å². The first-order valence-corrected chi connectivity index (χ1v) is 10.1. The van der Waals surface area contributed by atoms with Crippen molar-refractivity contribution in [2.24, 2.45) is 11.0 Å². The third-order valence-electron chi connectivity index (χ3n) is 4.80. The maximum atomic E-state index is 12.4. The molecule has 136 valence electrons. The number of nitrogens with zero attached hydrogens (tertiary/aromatic N) is 4. The van der Waals surface area contributed by atoms with E-state index in [1.165, 1.54) is 0 Å². The highest BCUT2D eigenvalue weighted by Crippen LogP contribution is 2.27. The summed E-state index contributed by atoms with van der Waals surface area (Å²) in [4.78, 5) is 5.34. The lowest BCUT2D eigenvalue weighted by molar-refractivity contribution is 0.190. The summed E-state index contributed by atoms with van der Waals surface area (Å²) >= 11 is 0. The van der Waals surface area contributed by atoms with Crippen molar-refractivity contribution in [2.45, 2.75) is 24.2 Å². The summed E-state index contributed by atoms with van der Waals surface area (Å²) in [7, 11) is -3.49. The van der Waals surface area contributed by atoms with Gasteiger partial charge in [-0.25, -0.2) is 13.1 Å². The SMILES string of the molecule is [N-]=[N+]=NCC1CCN(CCNS(=O)(=O)c2ccc3c(c2)CCO3)CC1. The van der Waals surface area contributed by atoms with E-state index in [9.17, 15) is 8.42 Å². The van der Waals surface area contributed by atoms with E-state index < -0.39 is 10.0 Å². The lowest BCUT2D eigenvalue weighted by Crippen LogP contribution is -2.40. The minimum atomic E-state index is -3.49. The molecule has 0 amide bonds. The van der Waals surface area contributed by atoms with Crippen molar-refractivity contribution in [3.63, 3.8) is 0 Å². The molecule has 0 unspecified atom stereocenters. The first kappa shape index (κ1) is 18.0. The van der Waals surface area contributed by atoms with Crippen LogP contribution in [-0.4, -0.2) is 52.6 Å². The Morgan fingerprint density at radius 1 is 1.36 bits per heavy atom. The molecule has 0 bridgehead atoms. The van der Waals surface area contributed by atoms with E-state index in [4.69, 9.17) is 10.3 Å². The number of benzene rings is 1. The zero-order chi connectivity index (χ0) is 17.7. The number of hydrogen-bond donors (Lipinski definition) is 1. The van der Waals surface area contributed by atoms with Crippen molar-refractivity contribution < 1.29 is 13.2 Å². The van der Waals surface area contributed by atoms with Crippen molar-refractivity contribution in [1.29, 1.82) is 0 Å². The van der Waals surface area contributed by atoms with Gasteiger partial charge in [0.1, 0.15) is 5.75 Å². The molecule has 1 aromatic rings. The fourth-order valence-electron chi connectivity index (χ4n) is 3.30. The average Bonchev–Trinajstić information content (AvgIpc) is 3.08. The summed E-state index contributed by atoms with van der Waals surface area (Å²) in [5.74, 6) is 1.22. The van der Waals surface area contributed by atoms with Gasteiger partial charge in [0.05, 0.1) is 11.5 Å². The highest BCUT2D eigenvalue weighted by Gasteiger charge is 2.21. The zero-order valence-corrected chi connectivity index (χ0v) is 14.9. The number of ether oxygens (including phenoxy) is 1. The molecule has 1 aromatic carbocycles. The smallest absolute Gasteiger partial charge is 0.240 e. The maximum Gasteiger partial charge on any atom is 0.240 e. The number of azide groups is 1. The van der Waals surface area contributed by atoms with Gasteiger partial charge < -0.3 is 9.64 Å². The third-order valence-corrected chi connectivity index (χ3v) is 6.26. The number of piperidine rings is 1. The molecule has 2 aliphatic heterocycles. The van der Waals surface area contributed by atoms with Crippen LogP contribution in [-0.2, 0) is 16.4 Å². The van der Waals surface area contributed by atoms with E-state index in [0.717, 1.165) is 43.7 Å². The summed E-state index contributed by atoms with van der Waals surface area (Å²) in [6.45, 7) is 4.05. The van der Waals surface area contributed by atoms with Crippen LogP contribution in [0.1, 0.15) is 18.4 Å². The summed E-state index contributed by atoms with van der Waals surface area (Å²) in [6.07, 6.45) is 2.72. The Morgan fingerprint density at radius 2 is 2.16 bits per heavy atom. The molecule has 0 aliphatic carbocycles. The minimum absolute atomic E-state index is 0.296. The van der Waals surface area contributed by atoms with Crippen molar-refractivity contribution in [3.05, 3.63) is 34.2 Å². The number of fused-ring (bicyclic) bond motifs is 1. The predicted molar refractivity (Wildman–Crippen MR) is 94.0 cm³/mol. The molecular weight excluding hydrogens is 342 g/mol. The largest absolute Gasteiger partial charge is 0.493 e. The number of rotatable bonds is 7. The molecule has 0 saturated carbocycles. The van der Waals surface area contributed by atoms with Crippen LogP contribution in [0.3, 0.4) is 0 Å². The summed E-state index contributed by atoms with van der Waals surface area (Å²) in [5, 5.41) is 3.63. The molecule has 0 aromatic heterocycles. The Bertz CT molecular complexity index is 753. The lowest BCUT2D eigenvalue weighted by atomic mass is 9.97. The Hall–Kier alpha value is -1.80. The van der Waals surface area contributed by atoms with Gasteiger partial charge in [-0.15, -0.1) is 0 Å². The Balaban J connectivity index is 1.46. The highest BCUT2D eigenvalue weighted by molar-refractivity contribution is 7.89. The van der Waals surface area contributed by atoms with Gasteiger partial charge in [-0.05, 0) is 61.1 Å². The first-order valence-electron chi connectivity index (χ1n) is 8.57. The molecule has 3 rings (SSSR count). The van der Waals surface area contributed by atoms with Gasteiger partial charge in [0.15, 0.2) is 0 Å². The van der Waals surface area contributed by atoms with E-state index in [1.807, 2.05) is 0 Å². The third kappa shape index (κ3) is 4.64. The zero-order valence-electron chi connectivity index (χ0n) is 14.1. The molecule has 1 N–H and O–H groups in total. The van der Waals surface area contributed by atoms with E-state index in [-0.39, 0.29) is 0 Å².